The lowest BCUT2D eigenvalue weighted by molar-refractivity contribution is -0.248. The van der Waals surface area contributed by atoms with Gasteiger partial charge in [-0.3, -0.25) is 4.55 Å². The standard InChI is InChI=1S/C10H8F5NO5S/c11-9(12,13)8(10(14,15)22(18,19)20)21-7(17)5-1-3-6(16)4-2-5/h1-4,8H,16H2,(H,18,19,20). The van der Waals surface area contributed by atoms with Crippen molar-refractivity contribution in [3.05, 3.63) is 29.8 Å². The zero-order valence-corrected chi connectivity index (χ0v) is 11.2. The number of anilines is 1. The SMILES string of the molecule is Nc1ccc(C(=O)OC(C(F)(F)F)C(F)(F)S(=O)(=O)O)cc1. The lowest BCUT2D eigenvalue weighted by atomic mass is 10.2. The van der Waals surface area contributed by atoms with E-state index in [9.17, 15) is 35.2 Å². The molecule has 1 aromatic carbocycles. The van der Waals surface area contributed by atoms with Gasteiger partial charge in [0, 0.05) is 5.69 Å². The van der Waals surface area contributed by atoms with Gasteiger partial charge in [0.15, 0.2) is 0 Å². The number of ether oxygens (including phenoxy) is 1. The molecule has 0 saturated heterocycles. The summed E-state index contributed by atoms with van der Waals surface area (Å²) in [6, 6.07) is 3.94. The molecule has 1 unspecified atom stereocenters. The Morgan fingerprint density at radius 2 is 1.59 bits per heavy atom. The number of halogens is 5. The second-order valence-corrected chi connectivity index (χ2v) is 5.48. The van der Waals surface area contributed by atoms with E-state index in [1.165, 1.54) is 0 Å². The van der Waals surface area contributed by atoms with Crippen molar-refractivity contribution in [3.8, 4) is 0 Å². The number of carbonyl (C=O) groups is 1. The van der Waals surface area contributed by atoms with Crippen LogP contribution in [-0.2, 0) is 14.9 Å². The van der Waals surface area contributed by atoms with Crippen molar-refractivity contribution in [1.82, 2.24) is 0 Å². The van der Waals surface area contributed by atoms with E-state index in [0.717, 1.165) is 24.3 Å². The number of hydrogen-bond acceptors (Lipinski definition) is 5. The Bertz CT molecular complexity index is 655. The normalized spacial score (nSPS) is 14.5. The number of alkyl halides is 5. The van der Waals surface area contributed by atoms with Crippen LogP contribution in [0.25, 0.3) is 0 Å². The zero-order chi connectivity index (χ0) is 17.3. The maximum atomic E-state index is 13.2. The highest BCUT2D eigenvalue weighted by molar-refractivity contribution is 7.86. The molecule has 0 fully saturated rings. The molecule has 0 radical (unpaired) electrons. The molecular weight excluding hydrogens is 341 g/mol. The smallest absolute Gasteiger partial charge is 0.432 e. The highest BCUT2D eigenvalue weighted by Crippen LogP contribution is 2.38. The van der Waals surface area contributed by atoms with E-state index in [-0.39, 0.29) is 5.69 Å². The van der Waals surface area contributed by atoms with Gasteiger partial charge < -0.3 is 10.5 Å². The topological polar surface area (TPSA) is 107 Å². The molecule has 0 saturated carbocycles. The Hall–Kier alpha value is -1.95. The molecule has 0 aliphatic rings. The van der Waals surface area contributed by atoms with E-state index < -0.39 is 39.2 Å². The molecule has 0 spiro atoms. The molecule has 0 aliphatic carbocycles. The third-order valence-corrected chi connectivity index (χ3v) is 3.22. The Labute approximate surface area is 120 Å². The van der Waals surface area contributed by atoms with Gasteiger partial charge in [0.25, 0.3) is 6.10 Å². The number of benzene rings is 1. The summed E-state index contributed by atoms with van der Waals surface area (Å²) in [5, 5.41) is -5.77. The molecule has 0 aliphatic heterocycles. The first-order valence-electron chi connectivity index (χ1n) is 5.25. The molecule has 0 heterocycles. The molecule has 0 aromatic heterocycles. The zero-order valence-electron chi connectivity index (χ0n) is 10.3. The van der Waals surface area contributed by atoms with Crippen molar-refractivity contribution in [3.63, 3.8) is 0 Å². The van der Waals surface area contributed by atoms with Crippen LogP contribution in [0.4, 0.5) is 27.6 Å². The lowest BCUT2D eigenvalue weighted by Crippen LogP contribution is -2.52. The summed E-state index contributed by atoms with van der Waals surface area (Å²) in [7, 11) is -6.47. The molecule has 124 valence electrons. The molecule has 1 aromatic rings. The van der Waals surface area contributed by atoms with Gasteiger partial charge in [0.05, 0.1) is 5.56 Å². The Morgan fingerprint density at radius 3 is 1.95 bits per heavy atom. The van der Waals surface area contributed by atoms with Crippen molar-refractivity contribution in [2.45, 2.75) is 17.5 Å². The highest BCUT2D eigenvalue weighted by atomic mass is 32.2. The second-order valence-electron chi connectivity index (χ2n) is 3.99. The molecule has 3 N–H and O–H groups in total. The summed E-state index contributed by atoms with van der Waals surface area (Å²) in [4.78, 5) is 11.4. The average Bonchev–Trinajstić information content (AvgIpc) is 2.33. The quantitative estimate of drug-likeness (QED) is 0.372. The van der Waals surface area contributed by atoms with Crippen LogP contribution < -0.4 is 5.73 Å². The van der Waals surface area contributed by atoms with Crippen molar-refractivity contribution >= 4 is 21.8 Å². The third kappa shape index (κ3) is 3.82. The van der Waals surface area contributed by atoms with Gasteiger partial charge in [0.1, 0.15) is 0 Å². The molecule has 6 nitrogen and oxygen atoms in total. The van der Waals surface area contributed by atoms with Crippen LogP contribution in [0.3, 0.4) is 0 Å². The Kier molecular flexibility index (Phi) is 4.67. The van der Waals surface area contributed by atoms with Gasteiger partial charge in [-0.2, -0.15) is 30.4 Å². The number of hydrogen-bond donors (Lipinski definition) is 2. The predicted octanol–water partition coefficient (Wildman–Crippen LogP) is 1.84. The summed E-state index contributed by atoms with van der Waals surface area (Å²) in [5.41, 5.74) is 4.82. The second kappa shape index (κ2) is 5.68. The minimum atomic E-state index is -6.47. The maximum Gasteiger partial charge on any atom is 0.432 e. The summed E-state index contributed by atoms with van der Waals surface area (Å²) in [6.07, 6.45) is -10.3. The van der Waals surface area contributed by atoms with E-state index in [2.05, 4.69) is 4.74 Å². The number of nitrogens with two attached hydrogens (primary N) is 1. The van der Waals surface area contributed by atoms with Gasteiger partial charge in [-0.1, -0.05) is 0 Å². The van der Waals surface area contributed by atoms with Crippen LogP contribution in [0, 0.1) is 0 Å². The Balaban J connectivity index is 3.16. The molecule has 1 rings (SSSR count). The predicted molar refractivity (Wildman–Crippen MR) is 62.6 cm³/mol. The van der Waals surface area contributed by atoms with Crippen LogP contribution in [-0.4, -0.2) is 36.5 Å². The first-order chi connectivity index (χ1) is 9.76. The van der Waals surface area contributed by atoms with Crippen molar-refractivity contribution in [2.75, 3.05) is 5.73 Å². The first-order valence-corrected chi connectivity index (χ1v) is 6.69. The van der Waals surface area contributed by atoms with E-state index in [0.29, 0.717) is 0 Å². The number of esters is 1. The molecule has 1 atom stereocenters. The van der Waals surface area contributed by atoms with Gasteiger partial charge >= 0.3 is 27.5 Å². The van der Waals surface area contributed by atoms with Crippen LogP contribution in [0.2, 0.25) is 0 Å². The van der Waals surface area contributed by atoms with Crippen LogP contribution >= 0.6 is 0 Å². The first kappa shape index (κ1) is 18.1. The molecule has 12 heteroatoms. The fourth-order valence-electron chi connectivity index (χ4n) is 1.26. The molecular formula is C10H8F5NO5S. The van der Waals surface area contributed by atoms with Crippen LogP contribution in [0.1, 0.15) is 10.4 Å². The summed E-state index contributed by atoms with van der Waals surface area (Å²) in [6.45, 7) is 0. The number of nitrogen functional groups attached to an aromatic ring is 1. The largest absolute Gasteiger partial charge is 0.441 e. The van der Waals surface area contributed by atoms with Gasteiger partial charge in [-0.25, -0.2) is 4.79 Å². The van der Waals surface area contributed by atoms with Gasteiger partial charge in [-0.15, -0.1) is 0 Å². The van der Waals surface area contributed by atoms with E-state index in [4.69, 9.17) is 10.3 Å². The fraction of sp³-hybridized carbons (Fsp3) is 0.300. The summed E-state index contributed by atoms with van der Waals surface area (Å²) in [5.74, 6) is -1.87. The molecule has 0 bridgehead atoms. The van der Waals surface area contributed by atoms with Crippen LogP contribution in [0.15, 0.2) is 24.3 Å². The monoisotopic (exact) mass is 349 g/mol. The molecule has 0 amide bonds. The van der Waals surface area contributed by atoms with Crippen molar-refractivity contribution in [1.29, 1.82) is 0 Å². The Morgan fingerprint density at radius 1 is 1.14 bits per heavy atom. The fourth-order valence-corrected chi connectivity index (χ4v) is 1.71. The maximum absolute atomic E-state index is 13.2. The van der Waals surface area contributed by atoms with Crippen molar-refractivity contribution in [2.24, 2.45) is 0 Å². The van der Waals surface area contributed by atoms with E-state index in [1.807, 2.05) is 0 Å². The van der Waals surface area contributed by atoms with Gasteiger partial charge in [0.2, 0.25) is 0 Å². The number of rotatable bonds is 4. The lowest BCUT2D eigenvalue weighted by Gasteiger charge is -2.26. The van der Waals surface area contributed by atoms with Crippen LogP contribution in [0.5, 0.6) is 0 Å². The summed E-state index contributed by atoms with van der Waals surface area (Å²) < 4.78 is 96.5. The van der Waals surface area contributed by atoms with E-state index >= 15 is 0 Å². The number of carbonyl (C=O) groups excluding carboxylic acids is 1. The van der Waals surface area contributed by atoms with Gasteiger partial charge in [-0.05, 0) is 24.3 Å². The minimum Gasteiger partial charge on any atom is -0.441 e. The summed E-state index contributed by atoms with van der Waals surface area (Å²) >= 11 is 0. The van der Waals surface area contributed by atoms with Crippen molar-refractivity contribution < 1.29 is 44.5 Å². The highest BCUT2D eigenvalue weighted by Gasteiger charge is 2.66. The minimum absolute atomic E-state index is 0.132. The van der Waals surface area contributed by atoms with E-state index in [1.54, 1.807) is 0 Å². The third-order valence-electron chi connectivity index (χ3n) is 2.32. The molecule has 22 heavy (non-hydrogen) atoms. The average molecular weight is 349 g/mol.